The number of hydrogen-bond acceptors (Lipinski definition) is 7. The summed E-state index contributed by atoms with van der Waals surface area (Å²) in [6, 6.07) is 12.5. The number of para-hydroxylation sites is 1. The molecule has 136 valence electrons. The Balaban J connectivity index is 1.32. The van der Waals surface area contributed by atoms with Crippen LogP contribution in [0.15, 0.2) is 55.1 Å². The molecule has 1 saturated heterocycles. The van der Waals surface area contributed by atoms with E-state index in [4.69, 9.17) is 0 Å². The second-order valence-electron chi connectivity index (χ2n) is 6.79. The Labute approximate surface area is 158 Å². The van der Waals surface area contributed by atoms with Crippen LogP contribution in [-0.2, 0) is 6.42 Å². The van der Waals surface area contributed by atoms with Crippen molar-refractivity contribution in [3.8, 4) is 0 Å². The molecule has 0 radical (unpaired) electrons. The van der Waals surface area contributed by atoms with Crippen molar-refractivity contribution in [3.63, 3.8) is 0 Å². The highest BCUT2D eigenvalue weighted by Crippen LogP contribution is 2.34. The van der Waals surface area contributed by atoms with Crippen LogP contribution < -0.4 is 14.7 Å². The van der Waals surface area contributed by atoms with E-state index in [1.54, 1.807) is 18.7 Å². The van der Waals surface area contributed by atoms with E-state index in [2.05, 4.69) is 65.0 Å². The minimum Gasteiger partial charge on any atom is -0.353 e. The predicted octanol–water partition coefficient (Wildman–Crippen LogP) is 2.29. The summed E-state index contributed by atoms with van der Waals surface area (Å²) in [4.78, 5) is 24.6. The third kappa shape index (κ3) is 3.05. The van der Waals surface area contributed by atoms with Crippen molar-refractivity contribution >= 4 is 23.3 Å². The first-order valence-electron chi connectivity index (χ1n) is 9.33. The zero-order valence-electron chi connectivity index (χ0n) is 15.1. The number of benzene rings is 1. The molecule has 0 spiro atoms. The lowest BCUT2D eigenvalue weighted by Gasteiger charge is -2.35. The van der Waals surface area contributed by atoms with E-state index in [1.807, 2.05) is 6.07 Å². The van der Waals surface area contributed by atoms with Crippen LogP contribution in [-0.4, -0.2) is 52.7 Å². The monoisotopic (exact) mass is 359 g/mol. The van der Waals surface area contributed by atoms with Crippen LogP contribution in [0.1, 0.15) is 5.56 Å². The standard InChI is InChI=1S/C20H21N7/c1-2-5-17-16(4-1)6-9-27(17)19-14-18(23-15-24-19)25-10-12-26(13-11-25)20-21-7-3-8-22-20/h1-5,7-8,14-15H,6,9-13H2. The Hall–Kier alpha value is -3.22. The highest BCUT2D eigenvalue weighted by atomic mass is 15.3. The van der Waals surface area contributed by atoms with Gasteiger partial charge in [-0.15, -0.1) is 0 Å². The van der Waals surface area contributed by atoms with Crippen LogP contribution in [0.5, 0.6) is 0 Å². The summed E-state index contributed by atoms with van der Waals surface area (Å²) in [6.07, 6.45) is 6.32. The molecule has 1 aromatic carbocycles. The van der Waals surface area contributed by atoms with Gasteiger partial charge in [-0.1, -0.05) is 18.2 Å². The summed E-state index contributed by atoms with van der Waals surface area (Å²) >= 11 is 0. The lowest BCUT2D eigenvalue weighted by Crippen LogP contribution is -2.47. The van der Waals surface area contributed by atoms with Crippen molar-refractivity contribution < 1.29 is 0 Å². The maximum Gasteiger partial charge on any atom is 0.225 e. The van der Waals surface area contributed by atoms with Gasteiger partial charge in [0, 0.05) is 56.9 Å². The number of anilines is 4. The zero-order chi connectivity index (χ0) is 18.1. The molecule has 5 rings (SSSR count). The zero-order valence-corrected chi connectivity index (χ0v) is 15.1. The van der Waals surface area contributed by atoms with Gasteiger partial charge in [-0.3, -0.25) is 0 Å². The topological polar surface area (TPSA) is 61.3 Å². The molecule has 0 amide bonds. The highest BCUT2D eigenvalue weighted by Gasteiger charge is 2.23. The van der Waals surface area contributed by atoms with Crippen molar-refractivity contribution in [2.24, 2.45) is 0 Å². The quantitative estimate of drug-likeness (QED) is 0.711. The van der Waals surface area contributed by atoms with Gasteiger partial charge in [0.1, 0.15) is 18.0 Å². The molecule has 3 aromatic rings. The average molecular weight is 359 g/mol. The van der Waals surface area contributed by atoms with Gasteiger partial charge >= 0.3 is 0 Å². The average Bonchev–Trinajstić information content (AvgIpc) is 3.19. The molecular weight excluding hydrogens is 338 g/mol. The summed E-state index contributed by atoms with van der Waals surface area (Å²) in [6.45, 7) is 4.53. The fraction of sp³-hybridized carbons (Fsp3) is 0.300. The van der Waals surface area contributed by atoms with Crippen molar-refractivity contribution in [1.82, 2.24) is 19.9 Å². The van der Waals surface area contributed by atoms with E-state index in [-0.39, 0.29) is 0 Å². The normalized spacial score (nSPS) is 16.5. The Morgan fingerprint density at radius 3 is 2.30 bits per heavy atom. The molecule has 0 aliphatic carbocycles. The van der Waals surface area contributed by atoms with Crippen LogP contribution in [0.2, 0.25) is 0 Å². The molecule has 4 heterocycles. The SMILES string of the molecule is c1cnc(N2CCN(c3cc(N4CCc5ccccc54)ncn3)CC2)nc1. The van der Waals surface area contributed by atoms with Crippen LogP contribution in [0.4, 0.5) is 23.3 Å². The van der Waals surface area contributed by atoms with E-state index < -0.39 is 0 Å². The fourth-order valence-electron chi connectivity index (χ4n) is 3.82. The van der Waals surface area contributed by atoms with E-state index >= 15 is 0 Å². The molecule has 0 bridgehead atoms. The number of piperazine rings is 1. The van der Waals surface area contributed by atoms with Gasteiger partial charge in [0.25, 0.3) is 0 Å². The molecule has 0 atom stereocenters. The first-order chi connectivity index (χ1) is 13.4. The Morgan fingerprint density at radius 2 is 1.44 bits per heavy atom. The first-order valence-corrected chi connectivity index (χ1v) is 9.33. The second-order valence-corrected chi connectivity index (χ2v) is 6.79. The summed E-state index contributed by atoms with van der Waals surface area (Å²) in [5, 5.41) is 0. The molecule has 1 fully saturated rings. The highest BCUT2D eigenvalue weighted by molar-refractivity contribution is 5.69. The number of aromatic nitrogens is 4. The van der Waals surface area contributed by atoms with E-state index in [0.29, 0.717) is 0 Å². The summed E-state index contributed by atoms with van der Waals surface area (Å²) in [7, 11) is 0. The van der Waals surface area contributed by atoms with Crippen LogP contribution in [0.3, 0.4) is 0 Å². The largest absolute Gasteiger partial charge is 0.353 e. The lowest BCUT2D eigenvalue weighted by atomic mass is 10.2. The number of nitrogens with zero attached hydrogens (tertiary/aromatic N) is 7. The lowest BCUT2D eigenvalue weighted by molar-refractivity contribution is 0.634. The minimum absolute atomic E-state index is 0.800. The molecular formula is C20H21N7. The first kappa shape index (κ1) is 16.0. The van der Waals surface area contributed by atoms with Crippen molar-refractivity contribution in [2.45, 2.75) is 6.42 Å². The Morgan fingerprint density at radius 1 is 0.704 bits per heavy atom. The van der Waals surface area contributed by atoms with Gasteiger partial charge in [0.2, 0.25) is 5.95 Å². The molecule has 7 heteroatoms. The van der Waals surface area contributed by atoms with Gasteiger partial charge < -0.3 is 14.7 Å². The number of fused-ring (bicyclic) bond motifs is 1. The third-order valence-electron chi connectivity index (χ3n) is 5.24. The van der Waals surface area contributed by atoms with Gasteiger partial charge in [0.15, 0.2) is 0 Å². The molecule has 7 nitrogen and oxygen atoms in total. The Bertz CT molecular complexity index is 922. The Kier molecular flexibility index (Phi) is 4.04. The van der Waals surface area contributed by atoms with Crippen LogP contribution >= 0.6 is 0 Å². The number of rotatable bonds is 3. The van der Waals surface area contributed by atoms with Gasteiger partial charge in [0.05, 0.1) is 0 Å². The molecule has 2 aliphatic rings. The van der Waals surface area contributed by atoms with Crippen LogP contribution in [0, 0.1) is 0 Å². The fourth-order valence-corrected chi connectivity index (χ4v) is 3.82. The smallest absolute Gasteiger partial charge is 0.225 e. The van der Waals surface area contributed by atoms with Crippen LogP contribution in [0.25, 0.3) is 0 Å². The molecule has 27 heavy (non-hydrogen) atoms. The maximum absolute atomic E-state index is 4.54. The minimum atomic E-state index is 0.800. The third-order valence-corrected chi connectivity index (χ3v) is 5.24. The predicted molar refractivity (Wildman–Crippen MR) is 106 cm³/mol. The summed E-state index contributed by atoms with van der Waals surface area (Å²) in [5.41, 5.74) is 2.64. The molecule has 0 N–H and O–H groups in total. The van der Waals surface area contributed by atoms with Crippen molar-refractivity contribution in [3.05, 3.63) is 60.7 Å². The van der Waals surface area contributed by atoms with E-state index in [1.165, 1.54) is 11.3 Å². The second kappa shape index (κ2) is 6.83. The van der Waals surface area contributed by atoms with Gasteiger partial charge in [-0.2, -0.15) is 0 Å². The van der Waals surface area contributed by atoms with E-state index in [0.717, 1.165) is 56.7 Å². The molecule has 2 aromatic heterocycles. The van der Waals surface area contributed by atoms with Crippen molar-refractivity contribution in [2.75, 3.05) is 47.4 Å². The van der Waals surface area contributed by atoms with Crippen molar-refractivity contribution in [1.29, 1.82) is 0 Å². The van der Waals surface area contributed by atoms with Gasteiger partial charge in [-0.25, -0.2) is 19.9 Å². The number of hydrogen-bond donors (Lipinski definition) is 0. The molecule has 0 saturated carbocycles. The van der Waals surface area contributed by atoms with Gasteiger partial charge in [-0.05, 0) is 24.1 Å². The summed E-state index contributed by atoms with van der Waals surface area (Å²) < 4.78 is 0. The van der Waals surface area contributed by atoms with E-state index in [9.17, 15) is 0 Å². The summed E-state index contributed by atoms with van der Waals surface area (Å²) in [5.74, 6) is 2.76. The molecule has 2 aliphatic heterocycles. The molecule has 0 unspecified atom stereocenters. The maximum atomic E-state index is 4.54.